The number of aromatic hydroxyl groups is 1. The number of ether oxygens (including phenoxy) is 2. The van der Waals surface area contributed by atoms with Crippen LogP contribution in [0.5, 0.6) is 17.2 Å². The van der Waals surface area contributed by atoms with Gasteiger partial charge in [-0.15, -0.1) is 0 Å². The van der Waals surface area contributed by atoms with E-state index in [0.29, 0.717) is 16.9 Å². The summed E-state index contributed by atoms with van der Waals surface area (Å²) in [6, 6.07) is 5.93. The number of carbonyl (C=O) groups excluding carboxylic acids is 2. The van der Waals surface area contributed by atoms with E-state index in [9.17, 15) is 24.3 Å². The lowest BCUT2D eigenvalue weighted by Gasteiger charge is -2.27. The van der Waals surface area contributed by atoms with E-state index < -0.39 is 34.5 Å². The van der Waals surface area contributed by atoms with Crippen molar-refractivity contribution in [2.45, 2.75) is 26.2 Å². The van der Waals surface area contributed by atoms with E-state index in [-0.39, 0.29) is 45.2 Å². The zero-order valence-electron chi connectivity index (χ0n) is 18.4. The monoisotopic (exact) mass is 462 g/mol. The van der Waals surface area contributed by atoms with Gasteiger partial charge in [-0.25, -0.2) is 4.79 Å². The van der Waals surface area contributed by atoms with Crippen LogP contribution in [-0.2, 0) is 4.79 Å². The van der Waals surface area contributed by atoms with E-state index in [0.717, 1.165) is 0 Å². The third kappa shape index (κ3) is 3.08. The number of Topliss-reactive ketones (excluding diaryl/α,β-unsaturated/α-hetero) is 1. The topological polar surface area (TPSA) is 133 Å². The van der Waals surface area contributed by atoms with Gasteiger partial charge in [0, 0.05) is 23.1 Å². The average molecular weight is 462 g/mol. The van der Waals surface area contributed by atoms with Gasteiger partial charge in [-0.05, 0) is 37.6 Å². The first kappa shape index (κ1) is 21.4. The molecule has 0 radical (unpaired) electrons. The molecule has 0 bridgehead atoms. The average Bonchev–Trinajstić information content (AvgIpc) is 2.77. The third-order valence-corrected chi connectivity index (χ3v) is 6.02. The number of rotatable bonds is 3. The molecule has 172 valence electrons. The van der Waals surface area contributed by atoms with E-state index in [1.54, 1.807) is 19.1 Å². The van der Waals surface area contributed by atoms with Crippen LogP contribution in [0.4, 0.5) is 0 Å². The summed E-state index contributed by atoms with van der Waals surface area (Å²) in [5.41, 5.74) is -0.498. The molecule has 1 N–H and O–H groups in total. The molecule has 9 heteroatoms. The fourth-order valence-electron chi connectivity index (χ4n) is 4.49. The number of phenols is 1. The highest BCUT2D eigenvalue weighted by Crippen LogP contribution is 2.49. The molecule has 0 aliphatic carbocycles. The zero-order chi connectivity index (χ0) is 24.3. The van der Waals surface area contributed by atoms with E-state index in [1.165, 1.54) is 32.4 Å². The highest BCUT2D eigenvalue weighted by atomic mass is 16.5. The van der Waals surface area contributed by atoms with Crippen molar-refractivity contribution in [2.24, 2.45) is 0 Å². The lowest BCUT2D eigenvalue weighted by atomic mass is 9.83. The molecule has 3 heterocycles. The molecule has 2 aromatic carbocycles. The lowest BCUT2D eigenvalue weighted by molar-refractivity contribution is -0.135. The number of methoxy groups -OCH3 is 1. The molecule has 0 fully saturated rings. The van der Waals surface area contributed by atoms with Gasteiger partial charge in [0.15, 0.2) is 17.0 Å². The van der Waals surface area contributed by atoms with Crippen molar-refractivity contribution in [2.75, 3.05) is 7.11 Å². The third-order valence-electron chi connectivity index (χ3n) is 6.02. The molecular weight excluding hydrogens is 444 g/mol. The maximum Gasteiger partial charge on any atom is 0.336 e. The Bertz CT molecular complexity index is 1660. The highest BCUT2D eigenvalue weighted by molar-refractivity contribution is 6.09. The van der Waals surface area contributed by atoms with Crippen LogP contribution in [0.25, 0.3) is 21.9 Å². The van der Waals surface area contributed by atoms with Crippen LogP contribution >= 0.6 is 0 Å². The molecule has 1 aliphatic heterocycles. The summed E-state index contributed by atoms with van der Waals surface area (Å²) in [6.45, 7) is 2.79. The Morgan fingerprint density at radius 2 is 1.94 bits per heavy atom. The summed E-state index contributed by atoms with van der Waals surface area (Å²) in [7, 11) is 1.46. The molecule has 2 aromatic heterocycles. The van der Waals surface area contributed by atoms with E-state index in [1.807, 2.05) is 0 Å². The number of hydrogen-bond donors (Lipinski definition) is 1. The number of benzene rings is 2. The molecule has 0 spiro atoms. The fourth-order valence-corrected chi connectivity index (χ4v) is 4.49. The highest BCUT2D eigenvalue weighted by Gasteiger charge is 2.38. The minimum atomic E-state index is -0.964. The van der Waals surface area contributed by atoms with Crippen LogP contribution < -0.4 is 20.5 Å². The van der Waals surface area contributed by atoms with Gasteiger partial charge in [0.1, 0.15) is 28.2 Å². The maximum atomic E-state index is 13.5. The van der Waals surface area contributed by atoms with Crippen LogP contribution in [0.2, 0.25) is 0 Å². The predicted molar refractivity (Wildman–Crippen MR) is 120 cm³/mol. The number of hydrogen-bond acceptors (Lipinski definition) is 9. The SMILES string of the molecule is COc1ccc2occ([C@@H]3CC(=O)Oc4c(C(C)=O)c(O)c5c(C)cc(=O)oc5c43)c(=O)c2c1. The van der Waals surface area contributed by atoms with Gasteiger partial charge >= 0.3 is 11.6 Å². The van der Waals surface area contributed by atoms with E-state index in [2.05, 4.69) is 0 Å². The van der Waals surface area contributed by atoms with Crippen LogP contribution in [-0.4, -0.2) is 24.0 Å². The second kappa shape index (κ2) is 7.58. The Balaban J connectivity index is 1.92. The van der Waals surface area contributed by atoms with E-state index in [4.69, 9.17) is 18.3 Å². The van der Waals surface area contributed by atoms with Crippen LogP contribution in [0.3, 0.4) is 0 Å². The lowest BCUT2D eigenvalue weighted by Crippen LogP contribution is -2.26. The molecule has 34 heavy (non-hydrogen) atoms. The van der Waals surface area contributed by atoms with E-state index >= 15 is 0 Å². The Labute approximate surface area is 191 Å². The molecule has 1 atom stereocenters. The first-order valence-corrected chi connectivity index (χ1v) is 10.4. The van der Waals surface area contributed by atoms with Crippen molar-refractivity contribution >= 4 is 33.7 Å². The molecule has 1 aliphatic rings. The first-order valence-electron chi connectivity index (χ1n) is 10.4. The molecule has 0 saturated carbocycles. The summed E-state index contributed by atoms with van der Waals surface area (Å²) in [5.74, 6) is -2.52. The van der Waals surface area contributed by atoms with Gasteiger partial charge in [-0.3, -0.25) is 14.4 Å². The Kier molecular flexibility index (Phi) is 4.78. The van der Waals surface area contributed by atoms with Crippen molar-refractivity contribution in [3.05, 3.63) is 73.4 Å². The minimum Gasteiger partial charge on any atom is -0.506 e. The van der Waals surface area contributed by atoms with Gasteiger partial charge in [0.2, 0.25) is 0 Å². The standard InChI is InChI=1S/C25H18O9/c1-10-6-17(27)33-24-19(10)23(30)20(11(2)26)25-21(24)13(8-18(28)34-25)15-9-32-16-5-4-12(31-3)7-14(16)22(15)29/h4-7,9,13,30H,8H2,1-3H3/t13-/m0/s1. The number of aryl methyl sites for hydroxylation is 1. The molecule has 9 nitrogen and oxygen atoms in total. The molecule has 0 unspecified atom stereocenters. The van der Waals surface area contributed by atoms with Crippen molar-refractivity contribution in [1.29, 1.82) is 0 Å². The smallest absolute Gasteiger partial charge is 0.336 e. The van der Waals surface area contributed by atoms with Crippen LogP contribution in [0.1, 0.15) is 46.3 Å². The molecular formula is C25H18O9. The number of ketones is 1. The van der Waals surface area contributed by atoms with Crippen LogP contribution in [0.15, 0.2) is 49.0 Å². The first-order chi connectivity index (χ1) is 16.2. The van der Waals surface area contributed by atoms with Gasteiger partial charge in [0.25, 0.3) is 0 Å². The van der Waals surface area contributed by atoms with Gasteiger partial charge in [-0.1, -0.05) is 0 Å². The van der Waals surface area contributed by atoms with Crippen molar-refractivity contribution < 1.29 is 33.0 Å². The molecule has 5 rings (SSSR count). The molecule has 4 aromatic rings. The van der Waals surface area contributed by atoms with Crippen molar-refractivity contribution in [1.82, 2.24) is 0 Å². The quantitative estimate of drug-likeness (QED) is 0.210. The Morgan fingerprint density at radius 1 is 1.18 bits per heavy atom. The number of fused-ring (bicyclic) bond motifs is 4. The summed E-state index contributed by atoms with van der Waals surface area (Å²) in [4.78, 5) is 50.8. The largest absolute Gasteiger partial charge is 0.506 e. The Morgan fingerprint density at radius 3 is 2.65 bits per heavy atom. The van der Waals surface area contributed by atoms with Gasteiger partial charge in [0.05, 0.1) is 30.6 Å². The summed E-state index contributed by atoms with van der Waals surface area (Å²) in [6.07, 6.45) is 0.965. The molecule has 0 saturated heterocycles. The predicted octanol–water partition coefficient (Wildman–Crippen LogP) is 3.57. The van der Waals surface area contributed by atoms with Crippen molar-refractivity contribution in [3.8, 4) is 17.2 Å². The fraction of sp³-hybridized carbons (Fsp3) is 0.200. The second-order valence-electron chi connectivity index (χ2n) is 8.09. The number of esters is 1. The summed E-state index contributed by atoms with van der Waals surface area (Å²) >= 11 is 0. The van der Waals surface area contributed by atoms with Gasteiger partial charge in [-0.2, -0.15) is 0 Å². The number of phenolic OH excluding ortho intramolecular Hbond substituents is 1. The van der Waals surface area contributed by atoms with Gasteiger partial charge < -0.3 is 23.4 Å². The number of carbonyl (C=O) groups is 2. The molecule has 0 amide bonds. The van der Waals surface area contributed by atoms with Crippen LogP contribution in [0, 0.1) is 6.92 Å². The summed E-state index contributed by atoms with van der Waals surface area (Å²) < 4.78 is 21.7. The second-order valence-corrected chi connectivity index (χ2v) is 8.09. The van der Waals surface area contributed by atoms with Crippen molar-refractivity contribution in [3.63, 3.8) is 0 Å². The normalized spacial score (nSPS) is 15.3. The Hall–Kier alpha value is -4.40. The maximum absolute atomic E-state index is 13.5. The summed E-state index contributed by atoms with van der Waals surface area (Å²) in [5, 5.41) is 11.2. The minimum absolute atomic E-state index is 0.0647. The zero-order valence-corrected chi connectivity index (χ0v) is 18.4.